The number of hydrogen-bond donors (Lipinski definition) is 3. The van der Waals surface area contributed by atoms with Crippen molar-refractivity contribution < 1.29 is 9.90 Å². The van der Waals surface area contributed by atoms with Crippen LogP contribution < -0.4 is 15.5 Å². The van der Waals surface area contributed by atoms with E-state index < -0.39 is 0 Å². The quantitative estimate of drug-likeness (QED) is 0.675. The van der Waals surface area contributed by atoms with Crippen LogP contribution in [0.5, 0.6) is 5.75 Å². The van der Waals surface area contributed by atoms with E-state index in [1.807, 2.05) is 61.5 Å². The first kappa shape index (κ1) is 15.7. The van der Waals surface area contributed by atoms with Crippen molar-refractivity contribution in [1.82, 2.24) is 0 Å². The molecular formula is C19H19N3O2. The summed E-state index contributed by atoms with van der Waals surface area (Å²) in [6.07, 6.45) is 0. The fraction of sp³-hybridized carbons (Fsp3) is 0.105. The van der Waals surface area contributed by atoms with E-state index in [1.165, 1.54) is 0 Å². The second kappa shape index (κ2) is 6.50. The first-order valence-electron chi connectivity index (χ1n) is 7.60. The first-order valence-corrected chi connectivity index (χ1v) is 7.60. The van der Waals surface area contributed by atoms with E-state index in [2.05, 4.69) is 10.6 Å². The van der Waals surface area contributed by atoms with E-state index in [1.54, 1.807) is 18.2 Å². The van der Waals surface area contributed by atoms with Gasteiger partial charge >= 0.3 is 6.03 Å². The number of carbonyl (C=O) groups is 1. The lowest BCUT2D eigenvalue weighted by molar-refractivity contribution is 0.262. The smallest absolute Gasteiger partial charge is 0.323 e. The largest absolute Gasteiger partial charge is 0.508 e. The number of phenolic OH excluding ortho intramolecular Hbond substituents is 1. The molecule has 0 aromatic heterocycles. The van der Waals surface area contributed by atoms with Crippen LogP contribution in [-0.4, -0.2) is 25.2 Å². The summed E-state index contributed by atoms with van der Waals surface area (Å²) in [6, 6.07) is 17.9. The van der Waals surface area contributed by atoms with Crippen molar-refractivity contribution in [2.75, 3.05) is 29.6 Å². The Morgan fingerprint density at radius 1 is 0.958 bits per heavy atom. The molecule has 3 rings (SSSR count). The number of rotatable bonds is 3. The maximum Gasteiger partial charge on any atom is 0.323 e. The van der Waals surface area contributed by atoms with Crippen molar-refractivity contribution in [1.29, 1.82) is 0 Å². The highest BCUT2D eigenvalue weighted by Crippen LogP contribution is 2.27. The number of carbonyl (C=O) groups excluding carboxylic acids is 1. The molecule has 3 aromatic carbocycles. The standard InChI is InChI=1S/C19H19N3O2/c1-22(2)15-9-7-14(8-10-15)20-19(24)21-18-5-3-4-13-6-11-16(23)12-17(13)18/h3-12,23H,1-2H3,(H2,20,21,24). The van der Waals surface area contributed by atoms with E-state index in [9.17, 15) is 9.90 Å². The van der Waals surface area contributed by atoms with Gasteiger partial charge < -0.3 is 20.6 Å². The Hall–Kier alpha value is -3.21. The number of urea groups is 1. The molecular weight excluding hydrogens is 302 g/mol. The van der Waals surface area contributed by atoms with Crippen LogP contribution in [0.15, 0.2) is 60.7 Å². The van der Waals surface area contributed by atoms with Gasteiger partial charge in [-0.05, 0) is 47.9 Å². The number of benzene rings is 3. The van der Waals surface area contributed by atoms with Crippen LogP contribution in [0, 0.1) is 0 Å². The number of anilines is 3. The topological polar surface area (TPSA) is 64.6 Å². The Bertz CT molecular complexity index is 873. The molecule has 0 aliphatic carbocycles. The monoisotopic (exact) mass is 321 g/mol. The van der Waals surface area contributed by atoms with Crippen molar-refractivity contribution in [3.05, 3.63) is 60.7 Å². The normalized spacial score (nSPS) is 10.4. The van der Waals surface area contributed by atoms with E-state index in [-0.39, 0.29) is 11.8 Å². The zero-order valence-corrected chi connectivity index (χ0v) is 13.6. The van der Waals surface area contributed by atoms with Crippen LogP contribution in [0.4, 0.5) is 21.9 Å². The van der Waals surface area contributed by atoms with Crippen molar-refractivity contribution in [3.8, 4) is 5.75 Å². The summed E-state index contributed by atoms with van der Waals surface area (Å²) in [5.74, 6) is 0.163. The Labute approximate surface area is 140 Å². The van der Waals surface area contributed by atoms with Crippen LogP contribution in [0.3, 0.4) is 0 Å². The number of fused-ring (bicyclic) bond motifs is 1. The fourth-order valence-electron chi connectivity index (χ4n) is 2.50. The van der Waals surface area contributed by atoms with Gasteiger partial charge in [-0.25, -0.2) is 4.79 Å². The summed E-state index contributed by atoms with van der Waals surface area (Å²) < 4.78 is 0. The lowest BCUT2D eigenvalue weighted by atomic mass is 10.1. The van der Waals surface area contributed by atoms with E-state index in [4.69, 9.17) is 0 Å². The molecule has 0 aliphatic rings. The van der Waals surface area contributed by atoms with Gasteiger partial charge in [-0.15, -0.1) is 0 Å². The highest BCUT2D eigenvalue weighted by atomic mass is 16.3. The SMILES string of the molecule is CN(C)c1ccc(NC(=O)Nc2cccc3ccc(O)cc23)cc1. The predicted molar refractivity (Wildman–Crippen MR) is 99.0 cm³/mol. The summed E-state index contributed by atoms with van der Waals surface area (Å²) in [4.78, 5) is 14.2. The van der Waals surface area contributed by atoms with Crippen molar-refractivity contribution >= 4 is 33.9 Å². The minimum atomic E-state index is -0.330. The number of amides is 2. The zero-order chi connectivity index (χ0) is 17.1. The molecule has 0 saturated carbocycles. The molecule has 0 bridgehead atoms. The van der Waals surface area contributed by atoms with Crippen LogP contribution in [0.25, 0.3) is 10.8 Å². The van der Waals surface area contributed by atoms with Gasteiger partial charge in [0.25, 0.3) is 0 Å². The zero-order valence-electron chi connectivity index (χ0n) is 13.6. The summed E-state index contributed by atoms with van der Waals surface area (Å²) in [5, 5.41) is 17.0. The molecule has 0 heterocycles. The predicted octanol–water partition coefficient (Wildman–Crippen LogP) is 4.26. The van der Waals surface area contributed by atoms with Gasteiger partial charge in [-0.1, -0.05) is 18.2 Å². The fourth-order valence-corrected chi connectivity index (χ4v) is 2.50. The second-order valence-corrected chi connectivity index (χ2v) is 5.73. The van der Waals surface area contributed by atoms with Gasteiger partial charge in [0.05, 0.1) is 5.69 Å². The third kappa shape index (κ3) is 3.41. The average Bonchev–Trinajstić information content (AvgIpc) is 2.56. The third-order valence-corrected chi connectivity index (χ3v) is 3.76. The molecule has 3 aromatic rings. The lowest BCUT2D eigenvalue weighted by Crippen LogP contribution is -2.19. The molecule has 2 amide bonds. The molecule has 0 fully saturated rings. The highest BCUT2D eigenvalue weighted by Gasteiger charge is 2.07. The summed E-state index contributed by atoms with van der Waals surface area (Å²) in [7, 11) is 3.93. The van der Waals surface area contributed by atoms with Gasteiger partial charge in [0, 0.05) is 30.9 Å². The molecule has 5 nitrogen and oxygen atoms in total. The maximum absolute atomic E-state index is 12.2. The summed E-state index contributed by atoms with van der Waals surface area (Å²) >= 11 is 0. The van der Waals surface area contributed by atoms with E-state index in [0.717, 1.165) is 16.5 Å². The summed E-state index contributed by atoms with van der Waals surface area (Å²) in [5.41, 5.74) is 2.41. The molecule has 0 saturated heterocycles. The number of phenols is 1. The van der Waals surface area contributed by atoms with Gasteiger partial charge in [-0.2, -0.15) is 0 Å². The summed E-state index contributed by atoms with van der Waals surface area (Å²) in [6.45, 7) is 0. The van der Waals surface area contributed by atoms with Gasteiger partial charge in [0.1, 0.15) is 5.75 Å². The highest BCUT2D eigenvalue weighted by molar-refractivity contribution is 6.06. The Morgan fingerprint density at radius 2 is 1.71 bits per heavy atom. The van der Waals surface area contributed by atoms with E-state index in [0.29, 0.717) is 11.4 Å². The molecule has 0 spiro atoms. The number of nitrogens with one attached hydrogen (secondary N) is 2. The Kier molecular flexibility index (Phi) is 4.24. The maximum atomic E-state index is 12.2. The molecule has 0 aliphatic heterocycles. The Morgan fingerprint density at radius 3 is 2.42 bits per heavy atom. The van der Waals surface area contributed by atoms with Crippen LogP contribution >= 0.6 is 0 Å². The molecule has 5 heteroatoms. The molecule has 3 N–H and O–H groups in total. The van der Waals surface area contributed by atoms with Crippen molar-refractivity contribution in [2.24, 2.45) is 0 Å². The second-order valence-electron chi connectivity index (χ2n) is 5.73. The third-order valence-electron chi connectivity index (χ3n) is 3.76. The molecule has 0 atom stereocenters. The molecule has 122 valence electrons. The van der Waals surface area contributed by atoms with Crippen molar-refractivity contribution in [3.63, 3.8) is 0 Å². The minimum Gasteiger partial charge on any atom is -0.508 e. The minimum absolute atomic E-state index is 0.163. The molecule has 24 heavy (non-hydrogen) atoms. The molecule has 0 radical (unpaired) electrons. The number of nitrogens with zero attached hydrogens (tertiary/aromatic N) is 1. The van der Waals surface area contributed by atoms with Crippen LogP contribution in [0.2, 0.25) is 0 Å². The molecule has 0 unspecified atom stereocenters. The average molecular weight is 321 g/mol. The lowest BCUT2D eigenvalue weighted by Gasteiger charge is -2.14. The van der Waals surface area contributed by atoms with Gasteiger partial charge in [0.2, 0.25) is 0 Å². The van der Waals surface area contributed by atoms with Gasteiger partial charge in [-0.3, -0.25) is 0 Å². The number of hydrogen-bond acceptors (Lipinski definition) is 3. The number of aromatic hydroxyl groups is 1. The Balaban J connectivity index is 1.76. The van der Waals surface area contributed by atoms with Crippen LogP contribution in [0.1, 0.15) is 0 Å². The van der Waals surface area contributed by atoms with E-state index >= 15 is 0 Å². The first-order chi connectivity index (χ1) is 11.5. The van der Waals surface area contributed by atoms with Gasteiger partial charge in [0.15, 0.2) is 0 Å². The van der Waals surface area contributed by atoms with Crippen molar-refractivity contribution in [2.45, 2.75) is 0 Å². The van der Waals surface area contributed by atoms with Crippen LogP contribution in [-0.2, 0) is 0 Å².